The van der Waals surface area contributed by atoms with Gasteiger partial charge < -0.3 is 10.2 Å². The van der Waals surface area contributed by atoms with Crippen molar-refractivity contribution in [2.24, 2.45) is 5.92 Å². The second kappa shape index (κ2) is 8.45. The van der Waals surface area contributed by atoms with Gasteiger partial charge in [-0.05, 0) is 44.0 Å². The maximum Gasteiger partial charge on any atom is 0.262 e. The van der Waals surface area contributed by atoms with Gasteiger partial charge >= 0.3 is 0 Å². The molecule has 136 valence electrons. The number of rotatable bonds is 5. The number of fused-ring (bicyclic) bond motifs is 1. The molecule has 0 unspecified atom stereocenters. The van der Waals surface area contributed by atoms with Gasteiger partial charge in [0.05, 0.1) is 11.1 Å². The highest BCUT2D eigenvalue weighted by molar-refractivity contribution is 6.22. The minimum Gasteiger partial charge on any atom is -0.341 e. The number of nitrogens with one attached hydrogen (secondary N) is 1. The minimum absolute atomic E-state index is 0. The fourth-order valence-electron chi connectivity index (χ4n) is 3.35. The minimum atomic E-state index is -0.369. The molecule has 3 amide bonds. The molecule has 3 rings (SSSR count). The summed E-state index contributed by atoms with van der Waals surface area (Å²) in [7, 11) is 0. The van der Waals surface area contributed by atoms with Crippen molar-refractivity contribution in [3.63, 3.8) is 0 Å². The standard InChI is InChI=1S/C18H23N3O3.ClH/c1-2-19-11-13-7-9-20(10-8-13)16(22)12-21-17(23)14-5-3-4-6-15(14)18(21)24;/h3-6,13,19H,2,7-12H2,1H3;1H. The van der Waals surface area contributed by atoms with Crippen LogP contribution >= 0.6 is 12.4 Å². The lowest BCUT2D eigenvalue weighted by Crippen LogP contribution is -2.46. The SMILES string of the molecule is CCNCC1CCN(C(=O)CN2C(=O)c3ccccc3C2=O)CC1.Cl. The first-order valence-electron chi connectivity index (χ1n) is 8.55. The molecule has 2 aliphatic rings. The molecule has 2 heterocycles. The quantitative estimate of drug-likeness (QED) is 0.804. The van der Waals surface area contributed by atoms with Crippen LogP contribution in [0.2, 0.25) is 0 Å². The van der Waals surface area contributed by atoms with Gasteiger partial charge in [0.15, 0.2) is 0 Å². The van der Waals surface area contributed by atoms with E-state index in [1.165, 1.54) is 0 Å². The molecule has 0 atom stereocenters. The van der Waals surface area contributed by atoms with Crippen molar-refractivity contribution in [3.8, 4) is 0 Å². The summed E-state index contributed by atoms with van der Waals surface area (Å²) in [6.07, 6.45) is 1.92. The van der Waals surface area contributed by atoms with Crippen LogP contribution in [0, 0.1) is 5.92 Å². The van der Waals surface area contributed by atoms with Crippen molar-refractivity contribution in [2.75, 3.05) is 32.7 Å². The van der Waals surface area contributed by atoms with Crippen LogP contribution in [0.4, 0.5) is 0 Å². The van der Waals surface area contributed by atoms with Crippen LogP contribution in [0.3, 0.4) is 0 Å². The zero-order chi connectivity index (χ0) is 17.1. The second-order valence-corrected chi connectivity index (χ2v) is 6.37. The van der Waals surface area contributed by atoms with Gasteiger partial charge in [0.2, 0.25) is 5.91 Å². The van der Waals surface area contributed by atoms with Gasteiger partial charge in [0.1, 0.15) is 6.54 Å². The number of benzene rings is 1. The highest BCUT2D eigenvalue weighted by atomic mass is 35.5. The molecule has 2 aliphatic heterocycles. The molecule has 1 fully saturated rings. The first-order chi connectivity index (χ1) is 11.6. The summed E-state index contributed by atoms with van der Waals surface area (Å²) in [6, 6.07) is 6.72. The van der Waals surface area contributed by atoms with Crippen LogP contribution < -0.4 is 5.32 Å². The number of piperidine rings is 1. The lowest BCUT2D eigenvalue weighted by molar-refractivity contribution is -0.132. The number of likely N-dealkylation sites (tertiary alicyclic amines) is 1. The summed E-state index contributed by atoms with van der Waals surface area (Å²) < 4.78 is 0. The Morgan fingerprint density at radius 3 is 2.20 bits per heavy atom. The van der Waals surface area contributed by atoms with E-state index in [4.69, 9.17) is 0 Å². The summed E-state index contributed by atoms with van der Waals surface area (Å²) in [5.41, 5.74) is 0.777. The van der Waals surface area contributed by atoms with Gasteiger partial charge in [-0.25, -0.2) is 0 Å². The third kappa shape index (κ3) is 4.02. The first kappa shape index (κ1) is 19.4. The largest absolute Gasteiger partial charge is 0.341 e. The Labute approximate surface area is 154 Å². The molecule has 1 aromatic carbocycles. The summed E-state index contributed by atoms with van der Waals surface area (Å²) >= 11 is 0. The Balaban J connectivity index is 0.00000225. The molecule has 1 aromatic rings. The van der Waals surface area contributed by atoms with Crippen LogP contribution in [-0.2, 0) is 4.79 Å². The van der Waals surface area contributed by atoms with E-state index in [1.54, 1.807) is 29.2 Å². The molecule has 0 radical (unpaired) electrons. The molecular weight excluding hydrogens is 342 g/mol. The van der Waals surface area contributed by atoms with E-state index >= 15 is 0 Å². The molecule has 0 bridgehead atoms. The van der Waals surface area contributed by atoms with Gasteiger partial charge in [0, 0.05) is 13.1 Å². The Bertz CT molecular complexity index is 622. The van der Waals surface area contributed by atoms with Gasteiger partial charge in [-0.1, -0.05) is 19.1 Å². The fraction of sp³-hybridized carbons (Fsp3) is 0.500. The van der Waals surface area contributed by atoms with E-state index in [2.05, 4.69) is 12.2 Å². The van der Waals surface area contributed by atoms with Crippen molar-refractivity contribution in [1.82, 2.24) is 15.1 Å². The molecule has 1 N–H and O–H groups in total. The Morgan fingerprint density at radius 2 is 1.68 bits per heavy atom. The van der Waals surface area contributed by atoms with Crippen LogP contribution in [-0.4, -0.2) is 60.2 Å². The number of carbonyl (C=O) groups is 3. The number of carbonyl (C=O) groups excluding carboxylic acids is 3. The first-order valence-corrected chi connectivity index (χ1v) is 8.55. The smallest absolute Gasteiger partial charge is 0.262 e. The number of nitrogens with zero attached hydrogens (tertiary/aromatic N) is 2. The third-order valence-corrected chi connectivity index (χ3v) is 4.82. The van der Waals surface area contributed by atoms with Crippen molar-refractivity contribution < 1.29 is 14.4 Å². The van der Waals surface area contributed by atoms with Crippen molar-refractivity contribution in [2.45, 2.75) is 19.8 Å². The van der Waals surface area contributed by atoms with E-state index in [-0.39, 0.29) is 36.7 Å². The van der Waals surface area contributed by atoms with Gasteiger partial charge in [-0.2, -0.15) is 0 Å². The second-order valence-electron chi connectivity index (χ2n) is 6.37. The Hall–Kier alpha value is -1.92. The summed E-state index contributed by atoms with van der Waals surface area (Å²) in [5.74, 6) is -0.295. The number of hydrogen-bond acceptors (Lipinski definition) is 4. The van der Waals surface area contributed by atoms with Gasteiger partial charge in [-0.15, -0.1) is 12.4 Å². The predicted octanol–water partition coefficient (Wildman–Crippen LogP) is 1.55. The fourth-order valence-corrected chi connectivity index (χ4v) is 3.35. The van der Waals surface area contributed by atoms with E-state index in [0.29, 0.717) is 30.1 Å². The molecular formula is C18H24ClN3O3. The average molecular weight is 366 g/mol. The van der Waals surface area contributed by atoms with Crippen molar-refractivity contribution >= 4 is 30.1 Å². The molecule has 1 saturated heterocycles. The number of imide groups is 1. The van der Waals surface area contributed by atoms with E-state index in [1.807, 2.05) is 0 Å². The lowest BCUT2D eigenvalue weighted by Gasteiger charge is -2.32. The lowest BCUT2D eigenvalue weighted by atomic mass is 9.97. The topological polar surface area (TPSA) is 69.7 Å². The average Bonchev–Trinajstić information content (AvgIpc) is 2.85. The molecule has 6 nitrogen and oxygen atoms in total. The third-order valence-electron chi connectivity index (χ3n) is 4.82. The van der Waals surface area contributed by atoms with Gasteiger partial charge in [0.25, 0.3) is 11.8 Å². The van der Waals surface area contributed by atoms with Crippen LogP contribution in [0.25, 0.3) is 0 Å². The maximum atomic E-state index is 12.5. The predicted molar refractivity (Wildman–Crippen MR) is 96.9 cm³/mol. The maximum absolute atomic E-state index is 12.5. The van der Waals surface area contributed by atoms with E-state index in [9.17, 15) is 14.4 Å². The number of halogens is 1. The van der Waals surface area contributed by atoms with E-state index in [0.717, 1.165) is 30.8 Å². The molecule has 25 heavy (non-hydrogen) atoms. The molecule has 0 aliphatic carbocycles. The van der Waals surface area contributed by atoms with Crippen molar-refractivity contribution in [3.05, 3.63) is 35.4 Å². The highest BCUT2D eigenvalue weighted by Crippen LogP contribution is 2.23. The van der Waals surface area contributed by atoms with Crippen LogP contribution in [0.5, 0.6) is 0 Å². The van der Waals surface area contributed by atoms with Crippen LogP contribution in [0.1, 0.15) is 40.5 Å². The van der Waals surface area contributed by atoms with Crippen molar-refractivity contribution in [1.29, 1.82) is 0 Å². The molecule has 7 heteroatoms. The Morgan fingerprint density at radius 1 is 1.12 bits per heavy atom. The number of hydrogen-bond donors (Lipinski definition) is 1. The summed E-state index contributed by atoms with van der Waals surface area (Å²) in [6.45, 7) is 5.25. The monoisotopic (exact) mass is 365 g/mol. The zero-order valence-electron chi connectivity index (χ0n) is 14.4. The normalized spacial score (nSPS) is 17.5. The molecule has 0 aromatic heterocycles. The molecule has 0 saturated carbocycles. The van der Waals surface area contributed by atoms with Crippen LogP contribution in [0.15, 0.2) is 24.3 Å². The van der Waals surface area contributed by atoms with Gasteiger partial charge in [-0.3, -0.25) is 19.3 Å². The zero-order valence-corrected chi connectivity index (χ0v) is 15.2. The van der Waals surface area contributed by atoms with E-state index < -0.39 is 0 Å². The molecule has 0 spiro atoms. The summed E-state index contributed by atoms with van der Waals surface area (Å²) in [5, 5.41) is 3.34. The highest BCUT2D eigenvalue weighted by Gasteiger charge is 2.37. The summed E-state index contributed by atoms with van der Waals surface area (Å²) in [4.78, 5) is 40.0. The number of amides is 3. The Kier molecular flexibility index (Phi) is 6.56.